The first kappa shape index (κ1) is 21.9. The molecule has 0 saturated carbocycles. The summed E-state index contributed by atoms with van der Waals surface area (Å²) in [5, 5.41) is 3.75. The summed E-state index contributed by atoms with van der Waals surface area (Å²) in [7, 11) is -3.75. The number of carbonyl (C=O) groups is 1. The quantitative estimate of drug-likeness (QED) is 0.706. The molecular weight excluding hydrogens is 425 g/mol. The van der Waals surface area contributed by atoms with Gasteiger partial charge in [0.1, 0.15) is 16.4 Å². The molecule has 2 saturated heterocycles. The Morgan fingerprint density at radius 3 is 2.23 bits per heavy atom. The van der Waals surface area contributed by atoms with Crippen molar-refractivity contribution in [2.45, 2.75) is 37.0 Å². The molecular formula is C21H26FN3O5S. The molecule has 0 aliphatic carbocycles. The zero-order valence-electron chi connectivity index (χ0n) is 17.6. The summed E-state index contributed by atoms with van der Waals surface area (Å²) in [4.78, 5) is 15.5. The number of carbonyl (C=O) groups excluding carboxylic acids is 1. The summed E-state index contributed by atoms with van der Waals surface area (Å²) >= 11 is 0. The van der Waals surface area contributed by atoms with Crippen molar-refractivity contribution in [2.24, 2.45) is 0 Å². The maximum Gasteiger partial charge on any atom is 0.248 e. The summed E-state index contributed by atoms with van der Waals surface area (Å²) in [5.41, 5.74) is 0.315. The number of amides is 1. The van der Waals surface area contributed by atoms with Crippen LogP contribution in [0, 0.1) is 19.7 Å². The van der Waals surface area contributed by atoms with Crippen molar-refractivity contribution in [1.29, 1.82) is 0 Å². The predicted octanol–water partition coefficient (Wildman–Crippen LogP) is 2.01. The summed E-state index contributed by atoms with van der Waals surface area (Å²) in [6.07, 6.45) is 1.02. The fourth-order valence-corrected chi connectivity index (χ4v) is 6.23. The van der Waals surface area contributed by atoms with Crippen LogP contribution < -0.4 is 0 Å². The van der Waals surface area contributed by atoms with Crippen molar-refractivity contribution in [3.8, 4) is 0 Å². The number of hydrogen-bond acceptors (Lipinski definition) is 6. The van der Waals surface area contributed by atoms with Gasteiger partial charge in [-0.25, -0.2) is 12.8 Å². The number of benzene rings is 1. The third-order valence-electron chi connectivity index (χ3n) is 6.24. The van der Waals surface area contributed by atoms with E-state index in [1.165, 1.54) is 16.4 Å². The molecule has 4 rings (SSSR count). The molecule has 0 bridgehead atoms. The zero-order valence-corrected chi connectivity index (χ0v) is 18.5. The highest BCUT2D eigenvalue weighted by atomic mass is 32.2. The van der Waals surface area contributed by atoms with Crippen LogP contribution in [-0.4, -0.2) is 68.1 Å². The van der Waals surface area contributed by atoms with E-state index in [0.717, 1.165) is 5.56 Å². The maximum atomic E-state index is 13.6. The molecule has 8 nitrogen and oxygen atoms in total. The van der Waals surface area contributed by atoms with E-state index in [-0.39, 0.29) is 48.6 Å². The van der Waals surface area contributed by atoms with Gasteiger partial charge in [-0.15, -0.1) is 0 Å². The second kappa shape index (κ2) is 8.33. The van der Waals surface area contributed by atoms with Gasteiger partial charge in [0.2, 0.25) is 15.9 Å². The molecule has 0 atom stereocenters. The van der Waals surface area contributed by atoms with Gasteiger partial charge in [-0.05, 0) is 44.4 Å². The Labute approximate surface area is 181 Å². The van der Waals surface area contributed by atoms with E-state index in [1.807, 2.05) is 0 Å². The molecule has 0 radical (unpaired) electrons. The number of ether oxygens (including phenoxy) is 1. The van der Waals surface area contributed by atoms with E-state index in [0.29, 0.717) is 31.7 Å². The fraction of sp³-hybridized carbons (Fsp3) is 0.524. The minimum absolute atomic E-state index is 0.0585. The monoisotopic (exact) mass is 451 g/mol. The molecule has 3 heterocycles. The smallest absolute Gasteiger partial charge is 0.248 e. The maximum absolute atomic E-state index is 13.6. The second-order valence-corrected chi connectivity index (χ2v) is 9.93. The molecule has 168 valence electrons. The molecule has 1 aromatic carbocycles. The van der Waals surface area contributed by atoms with Crippen LogP contribution in [0.5, 0.6) is 0 Å². The van der Waals surface area contributed by atoms with E-state index in [2.05, 4.69) is 5.16 Å². The van der Waals surface area contributed by atoms with Crippen molar-refractivity contribution < 1.29 is 26.9 Å². The van der Waals surface area contributed by atoms with Gasteiger partial charge in [0.05, 0.1) is 5.41 Å². The van der Waals surface area contributed by atoms with Gasteiger partial charge in [0, 0.05) is 39.4 Å². The van der Waals surface area contributed by atoms with Crippen LogP contribution in [-0.2, 0) is 25.0 Å². The Morgan fingerprint density at radius 1 is 1.06 bits per heavy atom. The van der Waals surface area contributed by atoms with Crippen molar-refractivity contribution >= 4 is 15.9 Å². The largest absolute Gasteiger partial charge is 0.381 e. The second-order valence-electron chi connectivity index (χ2n) is 8.05. The molecule has 0 N–H and O–H groups in total. The van der Waals surface area contributed by atoms with Gasteiger partial charge in [-0.2, -0.15) is 4.31 Å². The van der Waals surface area contributed by atoms with Crippen LogP contribution >= 0.6 is 0 Å². The molecule has 2 aromatic rings. The lowest BCUT2D eigenvalue weighted by Crippen LogP contribution is -2.56. The molecule has 2 fully saturated rings. The van der Waals surface area contributed by atoms with E-state index < -0.39 is 15.4 Å². The number of nitrogens with zero attached hydrogens (tertiary/aromatic N) is 3. The molecule has 10 heteroatoms. The van der Waals surface area contributed by atoms with Gasteiger partial charge >= 0.3 is 0 Å². The highest BCUT2D eigenvalue weighted by Gasteiger charge is 2.45. The Hall–Kier alpha value is -2.30. The summed E-state index contributed by atoms with van der Waals surface area (Å²) in [6, 6.07) is 6.06. The van der Waals surface area contributed by atoms with Crippen LogP contribution in [0.15, 0.2) is 33.7 Å². The first-order valence-electron chi connectivity index (χ1n) is 10.3. The number of hydrogen-bond donors (Lipinski definition) is 0. The number of aromatic nitrogens is 1. The van der Waals surface area contributed by atoms with E-state index in [4.69, 9.17) is 9.26 Å². The third kappa shape index (κ3) is 3.88. The van der Waals surface area contributed by atoms with Crippen LogP contribution in [0.4, 0.5) is 4.39 Å². The van der Waals surface area contributed by atoms with Crippen LogP contribution in [0.25, 0.3) is 0 Å². The number of aryl methyl sites for hydroxylation is 2. The number of sulfonamides is 1. The van der Waals surface area contributed by atoms with Crippen LogP contribution in [0.1, 0.15) is 29.9 Å². The minimum atomic E-state index is -3.75. The molecule has 0 spiro atoms. The SMILES string of the molecule is Cc1noc(C)c1S(=O)(=O)N1CCN(C(=O)C2(c3ccc(F)cc3)CCOCC2)CC1. The first-order chi connectivity index (χ1) is 14.8. The Balaban J connectivity index is 1.53. The average molecular weight is 452 g/mol. The third-order valence-corrected chi connectivity index (χ3v) is 8.39. The lowest BCUT2D eigenvalue weighted by molar-refractivity contribution is -0.142. The molecule has 1 amide bonds. The van der Waals surface area contributed by atoms with Crippen molar-refractivity contribution in [3.63, 3.8) is 0 Å². The number of piperazine rings is 1. The van der Waals surface area contributed by atoms with E-state index in [1.54, 1.807) is 30.9 Å². The molecule has 2 aliphatic rings. The Bertz CT molecular complexity index is 1030. The minimum Gasteiger partial charge on any atom is -0.381 e. The Kier molecular flexibility index (Phi) is 5.89. The molecule has 0 unspecified atom stereocenters. The van der Waals surface area contributed by atoms with Gasteiger partial charge < -0.3 is 14.2 Å². The van der Waals surface area contributed by atoms with Gasteiger partial charge in [0.25, 0.3) is 0 Å². The predicted molar refractivity (Wildman–Crippen MR) is 109 cm³/mol. The zero-order chi connectivity index (χ0) is 22.2. The molecule has 31 heavy (non-hydrogen) atoms. The summed E-state index contributed by atoms with van der Waals surface area (Å²) in [6.45, 7) is 5.01. The highest BCUT2D eigenvalue weighted by molar-refractivity contribution is 7.89. The normalized spacial score (nSPS) is 20.0. The standard InChI is InChI=1S/C21H26FN3O5S/c1-15-19(16(2)30-23-15)31(27,28)25-11-9-24(10-12-25)20(26)21(7-13-29-14-8-21)17-3-5-18(22)6-4-17/h3-6H,7-14H2,1-2H3. The van der Waals surface area contributed by atoms with E-state index in [9.17, 15) is 17.6 Å². The van der Waals surface area contributed by atoms with Crippen molar-refractivity contribution in [1.82, 2.24) is 14.4 Å². The Morgan fingerprint density at radius 2 is 1.68 bits per heavy atom. The number of rotatable bonds is 4. The lowest BCUT2D eigenvalue weighted by Gasteiger charge is -2.42. The topological polar surface area (TPSA) is 93.0 Å². The summed E-state index contributed by atoms with van der Waals surface area (Å²) < 4.78 is 51.5. The van der Waals surface area contributed by atoms with Crippen LogP contribution in [0.3, 0.4) is 0 Å². The average Bonchev–Trinajstić information content (AvgIpc) is 3.13. The lowest BCUT2D eigenvalue weighted by atomic mass is 9.73. The summed E-state index contributed by atoms with van der Waals surface area (Å²) in [5.74, 6) is -0.151. The van der Waals surface area contributed by atoms with Crippen LogP contribution in [0.2, 0.25) is 0 Å². The van der Waals surface area contributed by atoms with Gasteiger partial charge in [-0.1, -0.05) is 17.3 Å². The molecule has 1 aromatic heterocycles. The van der Waals surface area contributed by atoms with Crippen molar-refractivity contribution in [3.05, 3.63) is 47.1 Å². The highest BCUT2D eigenvalue weighted by Crippen LogP contribution is 2.37. The van der Waals surface area contributed by atoms with Gasteiger partial charge in [-0.3, -0.25) is 4.79 Å². The van der Waals surface area contributed by atoms with E-state index >= 15 is 0 Å². The number of halogens is 1. The fourth-order valence-electron chi connectivity index (χ4n) is 4.52. The molecule has 2 aliphatic heterocycles. The van der Waals surface area contributed by atoms with Crippen molar-refractivity contribution in [2.75, 3.05) is 39.4 Å². The van der Waals surface area contributed by atoms with Gasteiger partial charge in [0.15, 0.2) is 5.76 Å². The first-order valence-corrected chi connectivity index (χ1v) is 11.8.